The van der Waals surface area contributed by atoms with Crippen LogP contribution in [0.1, 0.15) is 24.2 Å². The van der Waals surface area contributed by atoms with Crippen molar-refractivity contribution in [2.24, 2.45) is 0 Å². The highest BCUT2D eigenvalue weighted by atomic mass is 19.1. The number of aliphatic hydroxyl groups excluding tert-OH is 1. The number of nitrogens with zero attached hydrogens (tertiary/aromatic N) is 3. The first-order chi connectivity index (χ1) is 11.8. The summed E-state index contributed by atoms with van der Waals surface area (Å²) in [7, 11) is 0. The quantitative estimate of drug-likeness (QED) is 0.848. The molecule has 0 saturated carbocycles. The van der Waals surface area contributed by atoms with E-state index >= 15 is 0 Å². The molecule has 0 aromatic heterocycles. The molecule has 6 nitrogen and oxygen atoms in total. The minimum atomic E-state index is -0.500. The summed E-state index contributed by atoms with van der Waals surface area (Å²) >= 11 is 0. The Morgan fingerprint density at radius 3 is 2.44 bits per heavy atom. The Balaban J connectivity index is 1.77. The average molecular weight is 349 g/mol. The molecule has 2 fully saturated rings. The van der Waals surface area contributed by atoms with Crippen molar-refractivity contribution in [1.29, 1.82) is 0 Å². The van der Waals surface area contributed by atoms with E-state index in [-0.39, 0.29) is 30.3 Å². The second-order valence-corrected chi connectivity index (χ2v) is 7.16. The lowest BCUT2D eigenvalue weighted by molar-refractivity contribution is -0.142. The lowest BCUT2D eigenvalue weighted by Gasteiger charge is -2.56. The van der Waals surface area contributed by atoms with Gasteiger partial charge < -0.3 is 14.9 Å². The molecule has 1 N–H and O–H groups in total. The van der Waals surface area contributed by atoms with E-state index in [0.717, 1.165) is 0 Å². The Morgan fingerprint density at radius 2 is 1.84 bits per heavy atom. The van der Waals surface area contributed by atoms with Crippen LogP contribution in [-0.4, -0.2) is 82.5 Å². The number of carbonyl (C=O) groups is 2. The molecule has 7 heteroatoms. The fourth-order valence-electron chi connectivity index (χ4n) is 3.88. The lowest BCUT2D eigenvalue weighted by atomic mass is 9.91. The molecule has 136 valence electrons. The lowest BCUT2D eigenvalue weighted by Crippen LogP contribution is -2.72. The van der Waals surface area contributed by atoms with E-state index in [1.165, 1.54) is 31.2 Å². The van der Waals surface area contributed by atoms with E-state index in [1.807, 2.05) is 6.92 Å². The van der Waals surface area contributed by atoms with Gasteiger partial charge in [-0.25, -0.2) is 4.39 Å². The van der Waals surface area contributed by atoms with Gasteiger partial charge in [-0.3, -0.25) is 14.5 Å². The number of halogens is 1. The minimum absolute atomic E-state index is 0.0204. The highest BCUT2D eigenvalue weighted by Crippen LogP contribution is 2.28. The molecule has 2 amide bonds. The van der Waals surface area contributed by atoms with Crippen molar-refractivity contribution in [2.75, 3.05) is 39.3 Å². The van der Waals surface area contributed by atoms with E-state index in [4.69, 9.17) is 0 Å². The summed E-state index contributed by atoms with van der Waals surface area (Å²) in [5.74, 6) is -0.531. The van der Waals surface area contributed by atoms with Gasteiger partial charge in [0.1, 0.15) is 5.82 Å². The number of hydrogen-bond donors (Lipinski definition) is 1. The van der Waals surface area contributed by atoms with E-state index in [9.17, 15) is 19.1 Å². The minimum Gasteiger partial charge on any atom is -0.394 e. The van der Waals surface area contributed by atoms with Crippen LogP contribution in [0.15, 0.2) is 24.3 Å². The maximum atomic E-state index is 13.1. The first kappa shape index (κ1) is 17.8. The van der Waals surface area contributed by atoms with Gasteiger partial charge in [0.2, 0.25) is 5.91 Å². The number of benzene rings is 1. The van der Waals surface area contributed by atoms with Gasteiger partial charge in [-0.05, 0) is 31.2 Å². The number of fused-ring (bicyclic) bond motifs is 1. The molecule has 0 radical (unpaired) electrons. The van der Waals surface area contributed by atoms with Crippen LogP contribution in [0.25, 0.3) is 0 Å². The maximum absolute atomic E-state index is 13.1. The fraction of sp³-hybridized carbons (Fsp3) is 0.556. The molecule has 2 atom stereocenters. The van der Waals surface area contributed by atoms with Crippen LogP contribution < -0.4 is 0 Å². The van der Waals surface area contributed by atoms with Crippen molar-refractivity contribution < 1.29 is 19.1 Å². The van der Waals surface area contributed by atoms with Crippen LogP contribution >= 0.6 is 0 Å². The van der Waals surface area contributed by atoms with Crippen molar-refractivity contribution in [3.8, 4) is 0 Å². The van der Waals surface area contributed by atoms with Gasteiger partial charge >= 0.3 is 0 Å². The highest BCUT2D eigenvalue weighted by Gasteiger charge is 2.46. The Kier molecular flexibility index (Phi) is 4.79. The molecular formula is C18H24FN3O3. The van der Waals surface area contributed by atoms with Crippen LogP contribution in [0.2, 0.25) is 0 Å². The Morgan fingerprint density at radius 1 is 1.20 bits per heavy atom. The highest BCUT2D eigenvalue weighted by molar-refractivity contribution is 5.94. The largest absolute Gasteiger partial charge is 0.394 e. The summed E-state index contributed by atoms with van der Waals surface area (Å²) in [6, 6.07) is 5.53. The Bertz CT molecular complexity index is 666. The van der Waals surface area contributed by atoms with Crippen LogP contribution in [0.4, 0.5) is 4.39 Å². The van der Waals surface area contributed by atoms with Gasteiger partial charge in [0, 0.05) is 51.3 Å². The number of hydrogen-bond acceptors (Lipinski definition) is 4. The van der Waals surface area contributed by atoms with Gasteiger partial charge in [0.25, 0.3) is 5.91 Å². The normalized spacial score (nSPS) is 27.1. The number of amides is 2. The van der Waals surface area contributed by atoms with Crippen LogP contribution in [0.3, 0.4) is 0 Å². The predicted molar refractivity (Wildman–Crippen MR) is 90.5 cm³/mol. The molecule has 2 heterocycles. The molecule has 2 saturated heterocycles. The molecule has 0 spiro atoms. The van der Waals surface area contributed by atoms with Crippen molar-refractivity contribution in [3.63, 3.8) is 0 Å². The van der Waals surface area contributed by atoms with Crippen molar-refractivity contribution in [1.82, 2.24) is 14.7 Å². The molecule has 25 heavy (non-hydrogen) atoms. The summed E-state index contributed by atoms with van der Waals surface area (Å²) in [6.45, 7) is 6.13. The number of aliphatic hydroxyl groups is 1. The molecule has 2 aliphatic heterocycles. The fourth-order valence-corrected chi connectivity index (χ4v) is 3.88. The molecule has 3 rings (SSSR count). The van der Waals surface area contributed by atoms with Crippen molar-refractivity contribution >= 4 is 11.8 Å². The second kappa shape index (κ2) is 6.72. The summed E-state index contributed by atoms with van der Waals surface area (Å²) in [6.07, 6.45) is 0. The zero-order valence-electron chi connectivity index (χ0n) is 14.6. The molecule has 2 aliphatic rings. The molecule has 0 bridgehead atoms. The molecule has 1 aromatic rings. The van der Waals surface area contributed by atoms with Crippen LogP contribution in [0.5, 0.6) is 0 Å². The smallest absolute Gasteiger partial charge is 0.253 e. The maximum Gasteiger partial charge on any atom is 0.253 e. The standard InChI is InChI=1S/C18H24FN3O3/c1-13(24)21-10-16-9-20(7-8-22(16)18(2,11-21)12-23)17(25)14-3-5-15(19)6-4-14/h3-6,16,23H,7-12H2,1-2H3/t16-,18-/m0/s1. The van der Waals surface area contributed by atoms with E-state index in [0.29, 0.717) is 38.3 Å². The molecule has 0 unspecified atom stereocenters. The number of carbonyl (C=O) groups excluding carboxylic acids is 2. The summed E-state index contributed by atoms with van der Waals surface area (Å²) in [5.41, 5.74) is -0.0430. The van der Waals surface area contributed by atoms with Crippen molar-refractivity contribution in [2.45, 2.75) is 25.4 Å². The predicted octanol–water partition coefficient (Wildman–Crippen LogP) is 0.565. The third kappa shape index (κ3) is 3.39. The van der Waals surface area contributed by atoms with E-state index < -0.39 is 5.54 Å². The van der Waals surface area contributed by atoms with Gasteiger partial charge in [-0.2, -0.15) is 0 Å². The summed E-state index contributed by atoms with van der Waals surface area (Å²) < 4.78 is 13.1. The van der Waals surface area contributed by atoms with Crippen LogP contribution in [-0.2, 0) is 4.79 Å². The Hall–Kier alpha value is -1.99. The number of rotatable bonds is 2. The molecule has 0 aliphatic carbocycles. The van der Waals surface area contributed by atoms with Gasteiger partial charge in [0.15, 0.2) is 0 Å². The topological polar surface area (TPSA) is 64.1 Å². The summed E-state index contributed by atoms with van der Waals surface area (Å²) in [4.78, 5) is 30.2. The SMILES string of the molecule is CC(=O)N1C[C@@H]2CN(C(=O)c3ccc(F)cc3)CCN2[C@](C)(CO)C1. The zero-order valence-corrected chi connectivity index (χ0v) is 14.6. The first-order valence-electron chi connectivity index (χ1n) is 8.52. The molecule has 1 aromatic carbocycles. The Labute approximate surface area is 146 Å². The van der Waals surface area contributed by atoms with Crippen LogP contribution in [0, 0.1) is 5.82 Å². The second-order valence-electron chi connectivity index (χ2n) is 7.16. The number of piperazine rings is 2. The first-order valence-corrected chi connectivity index (χ1v) is 8.52. The third-order valence-electron chi connectivity index (χ3n) is 5.30. The zero-order chi connectivity index (χ0) is 18.2. The van der Waals surface area contributed by atoms with Gasteiger partial charge in [0.05, 0.1) is 12.1 Å². The van der Waals surface area contributed by atoms with E-state index in [1.54, 1.807) is 9.80 Å². The van der Waals surface area contributed by atoms with Gasteiger partial charge in [-0.15, -0.1) is 0 Å². The van der Waals surface area contributed by atoms with Gasteiger partial charge in [-0.1, -0.05) is 0 Å². The molecular weight excluding hydrogens is 325 g/mol. The third-order valence-corrected chi connectivity index (χ3v) is 5.30. The average Bonchev–Trinajstić information content (AvgIpc) is 2.61. The summed E-state index contributed by atoms with van der Waals surface area (Å²) in [5, 5.41) is 9.87. The monoisotopic (exact) mass is 349 g/mol. The van der Waals surface area contributed by atoms with E-state index in [2.05, 4.69) is 4.90 Å². The van der Waals surface area contributed by atoms with Crippen molar-refractivity contribution in [3.05, 3.63) is 35.6 Å².